The van der Waals surface area contributed by atoms with E-state index < -0.39 is 0 Å². The third kappa shape index (κ3) is 7.95. The predicted octanol–water partition coefficient (Wildman–Crippen LogP) is 5.24. The molecule has 0 spiro atoms. The number of carbonyl (C=O) groups is 2. The number of morpholine rings is 1. The molecule has 3 N–H and O–H groups in total. The number of aromatic nitrogens is 1. The zero-order valence-corrected chi connectivity index (χ0v) is 27.7. The number of pyridine rings is 1. The van der Waals surface area contributed by atoms with Gasteiger partial charge in [-0.05, 0) is 78.5 Å². The lowest BCUT2D eigenvalue weighted by molar-refractivity contribution is 0.0425. The van der Waals surface area contributed by atoms with E-state index in [0.29, 0.717) is 51.5 Å². The third-order valence-electron chi connectivity index (χ3n) is 9.06. The van der Waals surface area contributed by atoms with E-state index in [2.05, 4.69) is 87.7 Å². The molecule has 10 nitrogen and oxygen atoms in total. The smallest absolute Gasteiger partial charge is 0.320 e. The molecule has 48 heavy (non-hydrogen) atoms. The first kappa shape index (κ1) is 33.0. The topological polar surface area (TPSA) is 107 Å². The molecule has 6 rings (SSSR count). The number of amides is 3. The molecule has 0 aliphatic carbocycles. The van der Waals surface area contributed by atoms with Gasteiger partial charge >= 0.3 is 6.03 Å². The number of piperazine rings is 1. The summed E-state index contributed by atoms with van der Waals surface area (Å²) in [6.45, 7) is 9.48. The van der Waals surface area contributed by atoms with Crippen LogP contribution in [0.2, 0.25) is 0 Å². The molecule has 2 aliphatic heterocycles. The number of aryl methyl sites for hydroxylation is 1. The summed E-state index contributed by atoms with van der Waals surface area (Å²) in [6, 6.07) is 26.6. The van der Waals surface area contributed by atoms with Gasteiger partial charge in [0, 0.05) is 70.4 Å². The molecule has 3 aromatic carbocycles. The summed E-state index contributed by atoms with van der Waals surface area (Å²) in [7, 11) is 0. The monoisotopic (exact) mass is 647 g/mol. The van der Waals surface area contributed by atoms with Gasteiger partial charge < -0.3 is 35.4 Å². The van der Waals surface area contributed by atoms with E-state index in [-0.39, 0.29) is 11.9 Å². The quantitative estimate of drug-likeness (QED) is 0.243. The minimum Gasteiger partial charge on any atom is -0.378 e. The summed E-state index contributed by atoms with van der Waals surface area (Å²) in [5, 5.41) is 3.19. The van der Waals surface area contributed by atoms with Gasteiger partial charge in [0.15, 0.2) is 0 Å². The molecule has 0 saturated carbocycles. The van der Waals surface area contributed by atoms with Crippen molar-refractivity contribution in [3.8, 4) is 11.1 Å². The molecule has 3 heterocycles. The number of anilines is 3. The molecule has 0 bridgehead atoms. The minimum atomic E-state index is -0.203. The van der Waals surface area contributed by atoms with Gasteiger partial charge in [-0.25, -0.2) is 4.79 Å². The van der Waals surface area contributed by atoms with Crippen molar-refractivity contribution in [2.45, 2.75) is 19.9 Å². The minimum absolute atomic E-state index is 0.0180. The highest BCUT2D eigenvalue weighted by atomic mass is 16.5. The largest absolute Gasteiger partial charge is 0.378 e. The van der Waals surface area contributed by atoms with E-state index >= 15 is 0 Å². The number of para-hydroxylation sites is 1. The van der Waals surface area contributed by atoms with Gasteiger partial charge in [0.1, 0.15) is 0 Å². The number of carbonyl (C=O) groups excluding carboxylic acids is 2. The van der Waals surface area contributed by atoms with E-state index in [4.69, 9.17) is 10.5 Å². The van der Waals surface area contributed by atoms with Crippen molar-refractivity contribution < 1.29 is 14.3 Å². The Morgan fingerprint density at radius 3 is 2.33 bits per heavy atom. The Morgan fingerprint density at radius 2 is 1.60 bits per heavy atom. The first-order valence-electron chi connectivity index (χ1n) is 16.8. The maximum absolute atomic E-state index is 13.4. The fourth-order valence-electron chi connectivity index (χ4n) is 6.44. The fraction of sp³-hybridized carbons (Fsp3) is 0.342. The number of urea groups is 1. The number of hydrogen-bond donors (Lipinski definition) is 2. The molecule has 2 aliphatic rings. The fourth-order valence-corrected chi connectivity index (χ4v) is 6.44. The maximum atomic E-state index is 13.4. The van der Waals surface area contributed by atoms with Gasteiger partial charge in [0.25, 0.3) is 5.91 Å². The lowest BCUT2D eigenvalue weighted by Crippen LogP contribution is -2.48. The first-order chi connectivity index (χ1) is 23.5. The highest BCUT2D eigenvalue weighted by Crippen LogP contribution is 2.34. The Bertz CT molecular complexity index is 1680. The molecule has 0 atom stereocenters. The number of nitrogens with two attached hydrogens (primary N) is 1. The highest BCUT2D eigenvalue weighted by Gasteiger charge is 2.24. The summed E-state index contributed by atoms with van der Waals surface area (Å²) in [6.07, 6.45) is 3.98. The molecule has 10 heteroatoms. The number of benzene rings is 3. The van der Waals surface area contributed by atoms with Gasteiger partial charge in [-0.3, -0.25) is 9.78 Å². The van der Waals surface area contributed by atoms with E-state index in [1.165, 1.54) is 11.3 Å². The number of hydrogen-bond acceptors (Lipinski definition) is 7. The Hall–Kier alpha value is -4.93. The summed E-state index contributed by atoms with van der Waals surface area (Å²) in [4.78, 5) is 39.5. The van der Waals surface area contributed by atoms with Crippen LogP contribution in [0.5, 0.6) is 0 Å². The molecule has 3 amide bonds. The molecular formula is C38H45N7O3. The summed E-state index contributed by atoms with van der Waals surface area (Å²) < 4.78 is 5.46. The van der Waals surface area contributed by atoms with Gasteiger partial charge in [0.05, 0.1) is 30.2 Å². The van der Waals surface area contributed by atoms with Crippen molar-refractivity contribution in [3.05, 3.63) is 108 Å². The van der Waals surface area contributed by atoms with Crippen LogP contribution in [0.1, 0.15) is 27.9 Å². The average Bonchev–Trinajstić information content (AvgIpc) is 3.14. The average molecular weight is 648 g/mol. The van der Waals surface area contributed by atoms with Crippen LogP contribution in [-0.4, -0.2) is 92.3 Å². The summed E-state index contributed by atoms with van der Waals surface area (Å²) in [5.74, 6) is -0.203. The standard InChI is InChI=1S/C38H45N7O3/c1-29-7-2-3-11-35(29)42-17-19-43(20-18-42)36-13-12-32(26-34(36)41-37(46)33-10-5-15-40-27-33)31-9-4-8-30(25-31)28-45(16-6-14-39)38(47)44-21-23-48-24-22-44/h2-5,7-13,15,25-27H,6,14,16-24,28,39H2,1H3,(H,41,46). The summed E-state index contributed by atoms with van der Waals surface area (Å²) >= 11 is 0. The van der Waals surface area contributed by atoms with Crippen LogP contribution in [0.4, 0.5) is 21.9 Å². The number of ether oxygens (including phenoxy) is 1. The van der Waals surface area contributed by atoms with Crippen LogP contribution < -0.4 is 20.9 Å². The Balaban J connectivity index is 1.25. The zero-order chi connectivity index (χ0) is 33.3. The summed E-state index contributed by atoms with van der Waals surface area (Å²) in [5.41, 5.74) is 13.6. The number of nitrogens with one attached hydrogen (secondary N) is 1. The van der Waals surface area contributed by atoms with E-state index in [1.54, 1.807) is 24.5 Å². The second-order valence-corrected chi connectivity index (χ2v) is 12.3. The molecule has 2 fully saturated rings. The molecule has 0 unspecified atom stereocenters. The van der Waals surface area contributed by atoms with Crippen molar-refractivity contribution in [1.82, 2.24) is 14.8 Å². The second kappa shape index (κ2) is 15.8. The Morgan fingerprint density at radius 1 is 0.854 bits per heavy atom. The van der Waals surface area contributed by atoms with Crippen molar-refractivity contribution in [2.24, 2.45) is 5.73 Å². The Kier molecular flexibility index (Phi) is 10.8. The Labute approximate surface area is 283 Å². The van der Waals surface area contributed by atoms with Crippen LogP contribution in [0.25, 0.3) is 11.1 Å². The van der Waals surface area contributed by atoms with Crippen molar-refractivity contribution in [2.75, 3.05) is 80.7 Å². The normalized spacial score (nSPS) is 14.9. The van der Waals surface area contributed by atoms with Crippen molar-refractivity contribution >= 4 is 29.0 Å². The van der Waals surface area contributed by atoms with E-state index in [0.717, 1.165) is 60.7 Å². The zero-order valence-electron chi connectivity index (χ0n) is 27.7. The van der Waals surface area contributed by atoms with Gasteiger partial charge in [0.2, 0.25) is 0 Å². The lowest BCUT2D eigenvalue weighted by atomic mass is 10.0. The van der Waals surface area contributed by atoms with Gasteiger partial charge in [-0.2, -0.15) is 0 Å². The number of nitrogens with zero attached hydrogens (tertiary/aromatic N) is 5. The molecule has 2 saturated heterocycles. The molecule has 1 aromatic heterocycles. The van der Waals surface area contributed by atoms with Crippen LogP contribution >= 0.6 is 0 Å². The van der Waals surface area contributed by atoms with Crippen LogP contribution in [0.3, 0.4) is 0 Å². The molecule has 4 aromatic rings. The van der Waals surface area contributed by atoms with Crippen molar-refractivity contribution in [3.63, 3.8) is 0 Å². The maximum Gasteiger partial charge on any atom is 0.320 e. The molecule has 250 valence electrons. The third-order valence-corrected chi connectivity index (χ3v) is 9.06. The van der Waals surface area contributed by atoms with Crippen LogP contribution in [0, 0.1) is 6.92 Å². The van der Waals surface area contributed by atoms with Crippen molar-refractivity contribution in [1.29, 1.82) is 0 Å². The lowest BCUT2D eigenvalue weighted by Gasteiger charge is -2.38. The van der Waals surface area contributed by atoms with Gasteiger partial charge in [-0.15, -0.1) is 0 Å². The molecular weight excluding hydrogens is 602 g/mol. The second-order valence-electron chi connectivity index (χ2n) is 12.3. The van der Waals surface area contributed by atoms with E-state index in [9.17, 15) is 9.59 Å². The van der Waals surface area contributed by atoms with Crippen LogP contribution in [-0.2, 0) is 11.3 Å². The van der Waals surface area contributed by atoms with E-state index in [1.807, 2.05) is 15.9 Å². The van der Waals surface area contributed by atoms with Crippen LogP contribution in [0.15, 0.2) is 91.3 Å². The first-order valence-corrected chi connectivity index (χ1v) is 16.8. The highest BCUT2D eigenvalue weighted by molar-refractivity contribution is 6.06. The van der Waals surface area contributed by atoms with Gasteiger partial charge in [-0.1, -0.05) is 42.5 Å². The predicted molar refractivity (Wildman–Crippen MR) is 192 cm³/mol. The SMILES string of the molecule is Cc1ccccc1N1CCN(c2ccc(-c3cccc(CN(CCCN)C(=O)N4CCOCC4)c3)cc2NC(=O)c2cccnc2)CC1. The number of rotatable bonds is 10. The molecule has 0 radical (unpaired) electrons.